The van der Waals surface area contributed by atoms with Crippen molar-refractivity contribution in [2.45, 2.75) is 12.8 Å². The second kappa shape index (κ2) is 6.68. The second-order valence-electron chi connectivity index (χ2n) is 5.63. The molecule has 0 unspecified atom stereocenters. The monoisotopic (exact) mass is 294 g/mol. The highest BCUT2D eigenvalue weighted by Crippen LogP contribution is 2.30. The molecule has 1 aliphatic heterocycles. The largest absolute Gasteiger partial charge is 0.351 e. The fourth-order valence-electron chi connectivity index (χ4n) is 2.74. The average Bonchev–Trinajstić information content (AvgIpc) is 2.46. The van der Waals surface area contributed by atoms with Crippen molar-refractivity contribution >= 4 is 17.3 Å². The standard InChI is InChI=1S/C13H22N6O2/c1-17(2)9-10-5-7-18(8-6-10)13-11(19(20)21)3-4-12(15-13)16-14/h3-4,10H,5-9,14H2,1-2H3,(H,15,16). The number of nitrogens with one attached hydrogen (secondary N) is 1. The summed E-state index contributed by atoms with van der Waals surface area (Å²) in [6, 6.07) is 2.96. The Morgan fingerprint density at radius 2 is 2.14 bits per heavy atom. The number of hydrazine groups is 1. The lowest BCUT2D eigenvalue weighted by Crippen LogP contribution is -2.37. The molecule has 3 N–H and O–H groups in total. The van der Waals surface area contributed by atoms with Crippen LogP contribution in [-0.2, 0) is 0 Å². The number of pyridine rings is 1. The molecule has 8 nitrogen and oxygen atoms in total. The maximum atomic E-state index is 11.2. The number of nitro groups is 1. The van der Waals surface area contributed by atoms with Crippen LogP contribution in [0.1, 0.15) is 12.8 Å². The van der Waals surface area contributed by atoms with Gasteiger partial charge in [-0.15, -0.1) is 0 Å². The first-order chi connectivity index (χ1) is 10.0. The number of rotatable bonds is 5. The zero-order valence-electron chi connectivity index (χ0n) is 12.5. The molecule has 1 fully saturated rings. The summed E-state index contributed by atoms with van der Waals surface area (Å²) < 4.78 is 0. The molecule has 1 aromatic heterocycles. The van der Waals surface area contributed by atoms with Crippen LogP contribution in [0.3, 0.4) is 0 Å². The van der Waals surface area contributed by atoms with Crippen LogP contribution in [0, 0.1) is 16.0 Å². The molecule has 0 aromatic carbocycles. The molecule has 1 aliphatic rings. The van der Waals surface area contributed by atoms with Crippen molar-refractivity contribution in [1.29, 1.82) is 0 Å². The van der Waals surface area contributed by atoms with Crippen molar-refractivity contribution in [1.82, 2.24) is 9.88 Å². The van der Waals surface area contributed by atoms with Crippen LogP contribution in [0.25, 0.3) is 0 Å². The van der Waals surface area contributed by atoms with Gasteiger partial charge in [0.05, 0.1) is 4.92 Å². The fraction of sp³-hybridized carbons (Fsp3) is 0.615. The van der Waals surface area contributed by atoms with Crippen LogP contribution in [0.4, 0.5) is 17.3 Å². The Morgan fingerprint density at radius 3 is 2.67 bits per heavy atom. The Morgan fingerprint density at radius 1 is 1.48 bits per heavy atom. The molecule has 2 heterocycles. The Bertz CT molecular complexity index is 499. The maximum absolute atomic E-state index is 11.2. The van der Waals surface area contributed by atoms with Gasteiger partial charge in [-0.25, -0.2) is 10.8 Å². The Labute approximate surface area is 124 Å². The molecule has 1 saturated heterocycles. The SMILES string of the molecule is CN(C)CC1CCN(c2nc(NN)ccc2[N+](=O)[O-])CC1. The van der Waals surface area contributed by atoms with Gasteiger partial charge >= 0.3 is 5.69 Å². The van der Waals surface area contributed by atoms with Crippen LogP contribution in [0.5, 0.6) is 0 Å². The molecular formula is C13H22N6O2. The van der Waals surface area contributed by atoms with E-state index in [9.17, 15) is 10.1 Å². The lowest BCUT2D eigenvalue weighted by Gasteiger charge is -2.33. The third-order valence-electron chi connectivity index (χ3n) is 3.74. The molecule has 8 heteroatoms. The summed E-state index contributed by atoms with van der Waals surface area (Å²) in [6.07, 6.45) is 2.02. The van der Waals surface area contributed by atoms with E-state index in [0.29, 0.717) is 17.6 Å². The number of hydrogen-bond donors (Lipinski definition) is 2. The van der Waals surface area contributed by atoms with Crippen molar-refractivity contribution in [3.63, 3.8) is 0 Å². The third-order valence-corrected chi connectivity index (χ3v) is 3.74. The number of aromatic nitrogens is 1. The van der Waals surface area contributed by atoms with Crippen LogP contribution in [0.2, 0.25) is 0 Å². The molecule has 0 amide bonds. The van der Waals surface area contributed by atoms with Gasteiger partial charge in [-0.2, -0.15) is 0 Å². The molecule has 0 spiro atoms. The molecule has 21 heavy (non-hydrogen) atoms. The quantitative estimate of drug-likeness (QED) is 0.475. The van der Waals surface area contributed by atoms with Crippen LogP contribution < -0.4 is 16.2 Å². The summed E-state index contributed by atoms with van der Waals surface area (Å²) in [5, 5.41) is 11.2. The smallest absolute Gasteiger partial charge is 0.311 e. The van der Waals surface area contributed by atoms with E-state index in [1.165, 1.54) is 12.1 Å². The van der Waals surface area contributed by atoms with Crippen LogP contribution in [-0.4, -0.2) is 48.5 Å². The predicted molar refractivity (Wildman–Crippen MR) is 82.2 cm³/mol. The fourth-order valence-corrected chi connectivity index (χ4v) is 2.74. The van der Waals surface area contributed by atoms with Crippen molar-refractivity contribution in [3.05, 3.63) is 22.2 Å². The minimum atomic E-state index is -0.394. The van der Waals surface area contributed by atoms with Crippen molar-refractivity contribution in [3.8, 4) is 0 Å². The highest BCUT2D eigenvalue weighted by molar-refractivity contribution is 5.61. The number of nitrogens with zero attached hydrogens (tertiary/aromatic N) is 4. The molecule has 116 valence electrons. The number of nitrogen functional groups attached to an aromatic ring is 1. The number of anilines is 2. The summed E-state index contributed by atoms with van der Waals surface area (Å²) in [6.45, 7) is 2.61. The molecule has 0 atom stereocenters. The third kappa shape index (κ3) is 3.79. The predicted octanol–water partition coefficient (Wildman–Crippen LogP) is 1.05. The summed E-state index contributed by atoms with van der Waals surface area (Å²) >= 11 is 0. The molecular weight excluding hydrogens is 272 g/mol. The number of nitrogens with two attached hydrogens (primary N) is 1. The Hall–Kier alpha value is -1.93. The first-order valence-electron chi connectivity index (χ1n) is 7.03. The van der Waals surface area contributed by atoms with Gasteiger partial charge in [0, 0.05) is 25.7 Å². The molecule has 0 radical (unpaired) electrons. The van der Waals surface area contributed by atoms with Crippen LogP contribution in [0.15, 0.2) is 12.1 Å². The number of piperidine rings is 1. The van der Waals surface area contributed by atoms with E-state index in [4.69, 9.17) is 5.84 Å². The zero-order chi connectivity index (χ0) is 15.4. The minimum Gasteiger partial charge on any atom is -0.351 e. The molecule has 0 aliphatic carbocycles. The lowest BCUT2D eigenvalue weighted by molar-refractivity contribution is -0.384. The molecule has 1 aromatic rings. The van der Waals surface area contributed by atoms with E-state index in [1.54, 1.807) is 0 Å². The van der Waals surface area contributed by atoms with Gasteiger partial charge in [0.25, 0.3) is 0 Å². The van der Waals surface area contributed by atoms with Crippen molar-refractivity contribution in [2.24, 2.45) is 11.8 Å². The van der Waals surface area contributed by atoms with Gasteiger partial charge in [-0.05, 0) is 38.9 Å². The molecule has 0 bridgehead atoms. The summed E-state index contributed by atoms with van der Waals surface area (Å²) in [4.78, 5) is 19.2. The lowest BCUT2D eigenvalue weighted by atomic mass is 9.96. The Kier molecular flexibility index (Phi) is 4.92. The maximum Gasteiger partial charge on any atom is 0.311 e. The highest BCUT2D eigenvalue weighted by atomic mass is 16.6. The molecule has 0 saturated carbocycles. The molecule has 2 rings (SSSR count). The van der Waals surface area contributed by atoms with Gasteiger partial charge in [0.1, 0.15) is 5.82 Å². The van der Waals surface area contributed by atoms with Gasteiger partial charge in [0.2, 0.25) is 5.82 Å². The minimum absolute atomic E-state index is 0.0278. The first-order valence-corrected chi connectivity index (χ1v) is 7.03. The normalized spacial score (nSPS) is 16.3. The van der Waals surface area contributed by atoms with E-state index in [0.717, 1.165) is 32.5 Å². The second-order valence-corrected chi connectivity index (χ2v) is 5.63. The summed E-state index contributed by atoms with van der Waals surface area (Å²) in [5.41, 5.74) is 2.47. The van der Waals surface area contributed by atoms with E-state index in [-0.39, 0.29) is 5.69 Å². The summed E-state index contributed by atoms with van der Waals surface area (Å²) in [7, 11) is 4.13. The highest BCUT2D eigenvalue weighted by Gasteiger charge is 2.26. The van der Waals surface area contributed by atoms with Gasteiger partial charge < -0.3 is 15.2 Å². The van der Waals surface area contributed by atoms with Crippen LogP contribution >= 0.6 is 0 Å². The Balaban J connectivity index is 2.13. The van der Waals surface area contributed by atoms with Gasteiger partial charge in [-0.3, -0.25) is 10.1 Å². The van der Waals surface area contributed by atoms with Crippen molar-refractivity contribution in [2.75, 3.05) is 44.1 Å². The average molecular weight is 294 g/mol. The van der Waals surface area contributed by atoms with Gasteiger partial charge in [-0.1, -0.05) is 0 Å². The van der Waals surface area contributed by atoms with E-state index in [2.05, 4.69) is 29.4 Å². The van der Waals surface area contributed by atoms with E-state index in [1.807, 2.05) is 4.90 Å². The van der Waals surface area contributed by atoms with Gasteiger partial charge in [0.15, 0.2) is 0 Å². The number of hydrogen-bond acceptors (Lipinski definition) is 7. The first kappa shape index (κ1) is 15.5. The summed E-state index contributed by atoms with van der Waals surface area (Å²) in [5.74, 6) is 6.81. The topological polar surface area (TPSA) is 101 Å². The van der Waals surface area contributed by atoms with E-state index >= 15 is 0 Å². The van der Waals surface area contributed by atoms with E-state index < -0.39 is 4.92 Å². The van der Waals surface area contributed by atoms with Crippen molar-refractivity contribution < 1.29 is 4.92 Å². The zero-order valence-corrected chi connectivity index (χ0v) is 12.5.